The van der Waals surface area contributed by atoms with Crippen molar-refractivity contribution < 1.29 is 4.79 Å². The second-order valence-electron chi connectivity index (χ2n) is 3.13. The Morgan fingerprint density at radius 1 is 1.54 bits per heavy atom. The molecule has 76 valence electrons. The number of rotatable bonds is 4. The summed E-state index contributed by atoms with van der Waals surface area (Å²) in [5.41, 5.74) is 5.19. The average molecular weight is 203 g/mol. The SMILES string of the molecule is CCNC(=S)NC(C(N)=O)C(C)C. The van der Waals surface area contributed by atoms with Gasteiger partial charge < -0.3 is 16.4 Å². The Hall–Kier alpha value is -0.840. The molecule has 4 nitrogen and oxygen atoms in total. The van der Waals surface area contributed by atoms with E-state index in [0.29, 0.717) is 5.11 Å². The van der Waals surface area contributed by atoms with Gasteiger partial charge in [0.15, 0.2) is 5.11 Å². The smallest absolute Gasteiger partial charge is 0.240 e. The van der Waals surface area contributed by atoms with Gasteiger partial charge in [0.25, 0.3) is 0 Å². The van der Waals surface area contributed by atoms with E-state index in [9.17, 15) is 4.79 Å². The van der Waals surface area contributed by atoms with Crippen LogP contribution in [-0.4, -0.2) is 23.6 Å². The van der Waals surface area contributed by atoms with Crippen LogP contribution >= 0.6 is 12.2 Å². The highest BCUT2D eigenvalue weighted by Gasteiger charge is 2.19. The Bertz CT molecular complexity index is 194. The normalized spacial score (nSPS) is 12.3. The summed E-state index contributed by atoms with van der Waals surface area (Å²) < 4.78 is 0. The molecule has 0 radical (unpaired) electrons. The molecule has 1 unspecified atom stereocenters. The lowest BCUT2D eigenvalue weighted by Gasteiger charge is -2.20. The molecule has 0 heterocycles. The van der Waals surface area contributed by atoms with E-state index in [4.69, 9.17) is 18.0 Å². The molecule has 0 spiro atoms. The van der Waals surface area contributed by atoms with E-state index in [-0.39, 0.29) is 11.8 Å². The van der Waals surface area contributed by atoms with Crippen molar-refractivity contribution >= 4 is 23.2 Å². The zero-order valence-corrected chi connectivity index (χ0v) is 9.07. The lowest BCUT2D eigenvalue weighted by molar-refractivity contribution is -0.120. The summed E-state index contributed by atoms with van der Waals surface area (Å²) in [6.07, 6.45) is 0. The zero-order chi connectivity index (χ0) is 10.4. The second-order valence-corrected chi connectivity index (χ2v) is 3.54. The monoisotopic (exact) mass is 203 g/mol. The molecule has 0 aromatic heterocycles. The number of amides is 1. The summed E-state index contributed by atoms with van der Waals surface area (Å²) in [5, 5.41) is 6.23. The lowest BCUT2D eigenvalue weighted by atomic mass is 10.0. The van der Waals surface area contributed by atoms with Gasteiger partial charge in [-0.25, -0.2) is 0 Å². The van der Waals surface area contributed by atoms with Gasteiger partial charge in [-0.05, 0) is 25.1 Å². The molecule has 0 aliphatic carbocycles. The van der Waals surface area contributed by atoms with Crippen LogP contribution in [0.25, 0.3) is 0 Å². The molecule has 0 bridgehead atoms. The number of carbonyl (C=O) groups is 1. The molecule has 0 aliphatic rings. The number of carbonyl (C=O) groups excluding carboxylic acids is 1. The van der Waals surface area contributed by atoms with E-state index in [1.54, 1.807) is 0 Å². The zero-order valence-electron chi connectivity index (χ0n) is 8.26. The van der Waals surface area contributed by atoms with Crippen LogP contribution < -0.4 is 16.4 Å². The van der Waals surface area contributed by atoms with Crippen molar-refractivity contribution in [1.29, 1.82) is 0 Å². The molecule has 5 heteroatoms. The highest BCUT2D eigenvalue weighted by molar-refractivity contribution is 7.80. The third kappa shape index (κ3) is 4.67. The quantitative estimate of drug-likeness (QED) is 0.562. The van der Waals surface area contributed by atoms with Crippen LogP contribution in [0.1, 0.15) is 20.8 Å². The molecule has 4 N–H and O–H groups in total. The topological polar surface area (TPSA) is 67.2 Å². The maximum absolute atomic E-state index is 11.0. The second kappa shape index (κ2) is 5.75. The Labute approximate surface area is 84.3 Å². The number of nitrogens with one attached hydrogen (secondary N) is 2. The molecule has 0 aliphatic heterocycles. The van der Waals surface area contributed by atoms with Crippen LogP contribution in [0.2, 0.25) is 0 Å². The molecule has 13 heavy (non-hydrogen) atoms. The number of hydrogen-bond acceptors (Lipinski definition) is 2. The number of hydrogen-bond donors (Lipinski definition) is 3. The van der Waals surface area contributed by atoms with Gasteiger partial charge >= 0.3 is 0 Å². The first-order valence-electron chi connectivity index (χ1n) is 4.32. The van der Waals surface area contributed by atoms with Crippen molar-refractivity contribution in [3.05, 3.63) is 0 Å². The number of nitrogens with two attached hydrogens (primary N) is 1. The minimum atomic E-state index is -0.397. The first kappa shape index (κ1) is 12.2. The lowest BCUT2D eigenvalue weighted by Crippen LogP contribution is -2.50. The average Bonchev–Trinajstić information content (AvgIpc) is 1.99. The highest BCUT2D eigenvalue weighted by Crippen LogP contribution is 1.99. The molecule has 0 saturated heterocycles. The maximum atomic E-state index is 11.0. The third-order valence-corrected chi connectivity index (χ3v) is 1.86. The largest absolute Gasteiger partial charge is 0.368 e. The fourth-order valence-corrected chi connectivity index (χ4v) is 1.19. The first-order chi connectivity index (χ1) is 5.99. The highest BCUT2D eigenvalue weighted by atomic mass is 32.1. The predicted octanol–water partition coefficient (Wildman–Crippen LogP) is -0.0197. The van der Waals surface area contributed by atoms with Crippen molar-refractivity contribution in [2.24, 2.45) is 11.7 Å². The molecule has 0 rings (SSSR count). The summed E-state index contributed by atoms with van der Waals surface area (Å²) in [5.74, 6) is -0.246. The van der Waals surface area contributed by atoms with Crippen LogP contribution in [0.5, 0.6) is 0 Å². The van der Waals surface area contributed by atoms with Crippen molar-refractivity contribution in [2.75, 3.05) is 6.54 Å². The van der Waals surface area contributed by atoms with Crippen LogP contribution in [0.4, 0.5) is 0 Å². The molecular formula is C8H17N3OS. The van der Waals surface area contributed by atoms with Gasteiger partial charge in [-0.2, -0.15) is 0 Å². The van der Waals surface area contributed by atoms with Gasteiger partial charge in [0.1, 0.15) is 6.04 Å². The molecule has 0 saturated carbocycles. The summed E-state index contributed by atoms with van der Waals surface area (Å²) in [7, 11) is 0. The van der Waals surface area contributed by atoms with Gasteiger partial charge in [0, 0.05) is 6.54 Å². The van der Waals surface area contributed by atoms with Gasteiger partial charge in [0.05, 0.1) is 0 Å². The fraction of sp³-hybridized carbons (Fsp3) is 0.750. The minimum absolute atomic E-state index is 0.133. The van der Waals surface area contributed by atoms with Crippen LogP contribution in [-0.2, 0) is 4.79 Å². The third-order valence-electron chi connectivity index (χ3n) is 1.60. The van der Waals surface area contributed by atoms with E-state index in [0.717, 1.165) is 6.54 Å². The maximum Gasteiger partial charge on any atom is 0.240 e. The summed E-state index contributed by atoms with van der Waals surface area (Å²) in [6.45, 7) is 6.49. The minimum Gasteiger partial charge on any atom is -0.368 e. The number of thiocarbonyl (C=S) groups is 1. The molecule has 0 aromatic carbocycles. The number of primary amides is 1. The van der Waals surface area contributed by atoms with Crippen LogP contribution in [0.3, 0.4) is 0 Å². The Balaban J connectivity index is 4.10. The molecule has 1 atom stereocenters. The van der Waals surface area contributed by atoms with Crippen molar-refractivity contribution in [3.63, 3.8) is 0 Å². The van der Waals surface area contributed by atoms with Gasteiger partial charge in [-0.3, -0.25) is 4.79 Å². The van der Waals surface area contributed by atoms with Crippen LogP contribution in [0.15, 0.2) is 0 Å². The van der Waals surface area contributed by atoms with E-state index in [1.165, 1.54) is 0 Å². The van der Waals surface area contributed by atoms with Crippen LogP contribution in [0, 0.1) is 5.92 Å². The Morgan fingerprint density at radius 3 is 2.38 bits per heavy atom. The van der Waals surface area contributed by atoms with Gasteiger partial charge in [0.2, 0.25) is 5.91 Å². The van der Waals surface area contributed by atoms with Crippen molar-refractivity contribution in [2.45, 2.75) is 26.8 Å². The molecule has 1 amide bonds. The first-order valence-corrected chi connectivity index (χ1v) is 4.73. The molecular weight excluding hydrogens is 186 g/mol. The van der Waals surface area contributed by atoms with E-state index in [2.05, 4.69) is 10.6 Å². The molecule has 0 aromatic rings. The van der Waals surface area contributed by atoms with Crippen molar-refractivity contribution in [1.82, 2.24) is 10.6 Å². The summed E-state index contributed by atoms with van der Waals surface area (Å²) in [4.78, 5) is 11.0. The van der Waals surface area contributed by atoms with Gasteiger partial charge in [-0.15, -0.1) is 0 Å². The van der Waals surface area contributed by atoms with Gasteiger partial charge in [-0.1, -0.05) is 13.8 Å². The van der Waals surface area contributed by atoms with E-state index < -0.39 is 6.04 Å². The van der Waals surface area contributed by atoms with Crippen molar-refractivity contribution in [3.8, 4) is 0 Å². The predicted molar refractivity (Wildman–Crippen MR) is 57.2 cm³/mol. The standard InChI is InChI=1S/C8H17N3OS/c1-4-10-8(13)11-6(5(2)3)7(9)12/h5-6H,4H2,1-3H3,(H2,9,12)(H2,10,11,13). The summed E-state index contributed by atoms with van der Waals surface area (Å²) in [6, 6.07) is -0.397. The van der Waals surface area contributed by atoms with E-state index in [1.807, 2.05) is 20.8 Å². The fourth-order valence-electron chi connectivity index (χ4n) is 0.919. The summed E-state index contributed by atoms with van der Waals surface area (Å²) >= 11 is 4.94. The Morgan fingerprint density at radius 2 is 2.08 bits per heavy atom. The Kier molecular flexibility index (Phi) is 5.37. The van der Waals surface area contributed by atoms with E-state index >= 15 is 0 Å². The molecule has 0 fully saturated rings.